The molecule has 1 atom stereocenters. The van der Waals surface area contributed by atoms with E-state index in [0.717, 1.165) is 5.01 Å². The van der Waals surface area contributed by atoms with Crippen LogP contribution in [0.4, 0.5) is 0 Å². The SMILES string of the molecule is CN=C(N)NC(C)c1ncc(C)s1. The van der Waals surface area contributed by atoms with E-state index in [9.17, 15) is 0 Å². The highest BCUT2D eigenvalue weighted by Gasteiger charge is 2.08. The van der Waals surface area contributed by atoms with Gasteiger partial charge in [0.05, 0.1) is 6.04 Å². The van der Waals surface area contributed by atoms with Crippen molar-refractivity contribution in [3.05, 3.63) is 16.1 Å². The van der Waals surface area contributed by atoms with E-state index in [1.54, 1.807) is 18.4 Å². The third-order valence-electron chi connectivity index (χ3n) is 1.61. The van der Waals surface area contributed by atoms with E-state index >= 15 is 0 Å². The first-order valence-electron chi connectivity index (χ1n) is 4.04. The number of nitrogens with two attached hydrogens (primary N) is 1. The zero-order valence-corrected chi connectivity index (χ0v) is 8.85. The minimum Gasteiger partial charge on any atom is -0.370 e. The van der Waals surface area contributed by atoms with Crippen LogP contribution >= 0.6 is 11.3 Å². The highest BCUT2D eigenvalue weighted by molar-refractivity contribution is 7.11. The van der Waals surface area contributed by atoms with Gasteiger partial charge >= 0.3 is 0 Å². The summed E-state index contributed by atoms with van der Waals surface area (Å²) in [5.41, 5.74) is 5.53. The van der Waals surface area contributed by atoms with Crippen molar-refractivity contribution in [1.29, 1.82) is 0 Å². The summed E-state index contributed by atoms with van der Waals surface area (Å²) in [4.78, 5) is 9.27. The number of nitrogens with one attached hydrogen (secondary N) is 1. The molecule has 0 fully saturated rings. The molecule has 0 aliphatic heterocycles. The fraction of sp³-hybridized carbons (Fsp3) is 0.500. The smallest absolute Gasteiger partial charge is 0.188 e. The summed E-state index contributed by atoms with van der Waals surface area (Å²) in [7, 11) is 1.65. The first kappa shape index (κ1) is 9.98. The lowest BCUT2D eigenvalue weighted by atomic mass is 10.4. The van der Waals surface area contributed by atoms with Gasteiger partial charge in [-0.1, -0.05) is 0 Å². The highest BCUT2D eigenvalue weighted by atomic mass is 32.1. The van der Waals surface area contributed by atoms with Crippen LogP contribution in [0.15, 0.2) is 11.2 Å². The van der Waals surface area contributed by atoms with Gasteiger partial charge in [0.25, 0.3) is 0 Å². The molecule has 72 valence electrons. The topological polar surface area (TPSA) is 63.3 Å². The lowest BCUT2D eigenvalue weighted by molar-refractivity contribution is 0.704. The Balaban J connectivity index is 2.63. The number of hydrogen-bond acceptors (Lipinski definition) is 3. The Morgan fingerprint density at radius 3 is 2.92 bits per heavy atom. The maximum atomic E-state index is 5.53. The van der Waals surface area contributed by atoms with Crippen molar-refractivity contribution in [2.45, 2.75) is 19.9 Å². The predicted molar refractivity (Wildman–Crippen MR) is 55.9 cm³/mol. The Bertz CT molecular complexity index is 305. The largest absolute Gasteiger partial charge is 0.370 e. The first-order valence-corrected chi connectivity index (χ1v) is 4.86. The number of aliphatic imine (C=N–C) groups is 1. The van der Waals surface area contributed by atoms with Crippen LogP contribution < -0.4 is 11.1 Å². The van der Waals surface area contributed by atoms with Gasteiger partial charge in [-0.05, 0) is 13.8 Å². The summed E-state index contributed by atoms with van der Waals surface area (Å²) in [6, 6.07) is 0.127. The zero-order valence-electron chi connectivity index (χ0n) is 8.03. The number of hydrogen-bond donors (Lipinski definition) is 2. The summed E-state index contributed by atoms with van der Waals surface area (Å²) in [6.45, 7) is 4.04. The second-order valence-corrected chi connectivity index (χ2v) is 4.05. The van der Waals surface area contributed by atoms with E-state index in [1.807, 2.05) is 20.0 Å². The van der Waals surface area contributed by atoms with Crippen molar-refractivity contribution in [1.82, 2.24) is 10.3 Å². The van der Waals surface area contributed by atoms with Crippen molar-refractivity contribution in [3.63, 3.8) is 0 Å². The molecule has 1 aromatic heterocycles. The fourth-order valence-electron chi connectivity index (χ4n) is 0.920. The third kappa shape index (κ3) is 2.69. The van der Waals surface area contributed by atoms with Crippen molar-refractivity contribution in [3.8, 4) is 0 Å². The normalized spacial score (nSPS) is 14.2. The number of aryl methyl sites for hydroxylation is 1. The maximum Gasteiger partial charge on any atom is 0.188 e. The molecular weight excluding hydrogens is 184 g/mol. The number of thiazole rings is 1. The van der Waals surface area contributed by atoms with Gasteiger partial charge in [0.15, 0.2) is 5.96 Å². The van der Waals surface area contributed by atoms with E-state index in [-0.39, 0.29) is 6.04 Å². The van der Waals surface area contributed by atoms with Gasteiger partial charge in [-0.15, -0.1) is 11.3 Å². The van der Waals surface area contributed by atoms with Gasteiger partial charge in [-0.3, -0.25) is 4.99 Å². The number of nitrogens with zero attached hydrogens (tertiary/aromatic N) is 2. The average molecular weight is 198 g/mol. The molecule has 0 saturated carbocycles. The highest BCUT2D eigenvalue weighted by Crippen LogP contribution is 2.18. The summed E-state index contributed by atoms with van der Waals surface area (Å²) in [6.07, 6.45) is 1.86. The van der Waals surface area contributed by atoms with Crippen LogP contribution in [0.3, 0.4) is 0 Å². The number of aromatic nitrogens is 1. The van der Waals surface area contributed by atoms with E-state index < -0.39 is 0 Å². The molecule has 1 aromatic rings. The molecule has 4 nitrogen and oxygen atoms in total. The van der Waals surface area contributed by atoms with Gasteiger partial charge in [0.2, 0.25) is 0 Å². The maximum absolute atomic E-state index is 5.53. The molecule has 0 bridgehead atoms. The monoisotopic (exact) mass is 198 g/mol. The summed E-state index contributed by atoms with van der Waals surface area (Å²) in [5.74, 6) is 0.445. The van der Waals surface area contributed by atoms with Crippen molar-refractivity contribution >= 4 is 17.3 Å². The molecule has 0 amide bonds. The molecule has 0 saturated heterocycles. The molecule has 0 aliphatic carbocycles. The molecule has 1 heterocycles. The molecule has 0 spiro atoms. The van der Waals surface area contributed by atoms with Gasteiger partial charge < -0.3 is 11.1 Å². The zero-order chi connectivity index (χ0) is 9.84. The van der Waals surface area contributed by atoms with Crippen molar-refractivity contribution < 1.29 is 0 Å². The van der Waals surface area contributed by atoms with Crippen molar-refractivity contribution in [2.24, 2.45) is 10.7 Å². The van der Waals surface area contributed by atoms with E-state index in [4.69, 9.17) is 5.73 Å². The van der Waals surface area contributed by atoms with Crippen LogP contribution in [0.2, 0.25) is 0 Å². The van der Waals surface area contributed by atoms with E-state index in [1.165, 1.54) is 4.88 Å². The van der Waals surface area contributed by atoms with Crippen LogP contribution in [0.5, 0.6) is 0 Å². The Kier molecular flexibility index (Phi) is 3.25. The molecule has 1 unspecified atom stereocenters. The van der Waals surface area contributed by atoms with Crippen LogP contribution in [0.1, 0.15) is 22.9 Å². The minimum atomic E-state index is 0.127. The molecular formula is C8H14N4S. The standard InChI is InChI=1S/C8H14N4S/c1-5-4-11-7(13-5)6(2)12-8(9)10-3/h4,6H,1-3H3,(H3,9,10,12). The third-order valence-corrected chi connectivity index (χ3v) is 2.71. The number of guanidine groups is 1. The molecule has 3 N–H and O–H groups in total. The first-order chi connectivity index (χ1) is 6.13. The van der Waals surface area contributed by atoms with Gasteiger partial charge in [-0.25, -0.2) is 4.98 Å². The Labute approximate surface area is 81.9 Å². The van der Waals surface area contributed by atoms with E-state index in [0.29, 0.717) is 5.96 Å². The van der Waals surface area contributed by atoms with Crippen molar-refractivity contribution in [2.75, 3.05) is 7.05 Å². The molecule has 0 radical (unpaired) electrons. The Morgan fingerprint density at radius 1 is 1.77 bits per heavy atom. The van der Waals surface area contributed by atoms with E-state index in [2.05, 4.69) is 15.3 Å². The quantitative estimate of drug-likeness (QED) is 0.551. The van der Waals surface area contributed by atoms with Crippen LogP contribution in [-0.2, 0) is 0 Å². The van der Waals surface area contributed by atoms with Crippen LogP contribution in [0, 0.1) is 6.92 Å². The van der Waals surface area contributed by atoms with Gasteiger partial charge in [0.1, 0.15) is 5.01 Å². The fourth-order valence-corrected chi connectivity index (χ4v) is 1.70. The van der Waals surface area contributed by atoms with Crippen LogP contribution in [-0.4, -0.2) is 18.0 Å². The van der Waals surface area contributed by atoms with Gasteiger partial charge in [-0.2, -0.15) is 0 Å². The minimum absolute atomic E-state index is 0.127. The molecule has 1 rings (SSSR count). The lowest BCUT2D eigenvalue weighted by Gasteiger charge is -2.10. The van der Waals surface area contributed by atoms with Crippen LogP contribution in [0.25, 0.3) is 0 Å². The summed E-state index contributed by atoms with van der Waals surface area (Å²) >= 11 is 1.66. The van der Waals surface area contributed by atoms with Gasteiger partial charge in [0, 0.05) is 18.1 Å². The second kappa shape index (κ2) is 4.23. The lowest BCUT2D eigenvalue weighted by Crippen LogP contribution is -2.33. The second-order valence-electron chi connectivity index (χ2n) is 2.78. The summed E-state index contributed by atoms with van der Waals surface area (Å²) in [5, 5.41) is 4.07. The predicted octanol–water partition coefficient (Wildman–Crippen LogP) is 1.05. The Morgan fingerprint density at radius 2 is 2.46 bits per heavy atom. The molecule has 0 aromatic carbocycles. The molecule has 13 heavy (non-hydrogen) atoms. The molecule has 5 heteroatoms. The average Bonchev–Trinajstić information content (AvgIpc) is 2.51. The number of rotatable bonds is 2. The summed E-state index contributed by atoms with van der Waals surface area (Å²) < 4.78 is 0. The molecule has 0 aliphatic rings. The Hall–Kier alpha value is -1.10.